The number of hydrogen-bond acceptors (Lipinski definition) is 5. The fraction of sp³-hybridized carbons (Fsp3) is 0.367. The maximum atomic E-state index is 14.9. The molecule has 2 fully saturated rings. The standard InChI is InChI=1S/C30H29FO6/c31-26-10-12-27(36-21-7-5-19(6-8-21)35-22-13-15-34-16-14-22)23-9-11-28(29(23)26)37-20-3-1-18(2-4-20)24-17-25(24)30(32)33/h1-8,10,12,22,24-25,28H,9,11,13-17H2,(H,32,33). The molecule has 3 unspecified atom stereocenters. The first kappa shape index (κ1) is 23.8. The molecule has 1 aliphatic heterocycles. The summed E-state index contributed by atoms with van der Waals surface area (Å²) in [4.78, 5) is 11.1. The Balaban J connectivity index is 1.12. The van der Waals surface area contributed by atoms with Crippen LogP contribution in [0, 0.1) is 11.7 Å². The lowest BCUT2D eigenvalue weighted by Gasteiger charge is -2.23. The average molecular weight is 505 g/mol. The Morgan fingerprint density at radius 3 is 2.24 bits per heavy atom. The molecule has 0 aromatic heterocycles. The highest BCUT2D eigenvalue weighted by Crippen LogP contribution is 2.48. The van der Waals surface area contributed by atoms with Crippen molar-refractivity contribution < 1.29 is 33.2 Å². The zero-order valence-electron chi connectivity index (χ0n) is 20.4. The molecule has 1 saturated heterocycles. The SMILES string of the molecule is O=C(O)C1CC1c1ccc(OC2CCc3c(Oc4ccc(OC5CCOCC5)cc4)ccc(F)c32)cc1. The summed E-state index contributed by atoms with van der Waals surface area (Å²) in [6.07, 6.45) is 3.51. The van der Waals surface area contributed by atoms with Gasteiger partial charge in [-0.15, -0.1) is 0 Å². The van der Waals surface area contributed by atoms with E-state index < -0.39 is 12.1 Å². The second kappa shape index (κ2) is 10.1. The summed E-state index contributed by atoms with van der Waals surface area (Å²) in [6.45, 7) is 1.45. The van der Waals surface area contributed by atoms with Gasteiger partial charge in [-0.2, -0.15) is 0 Å². The van der Waals surface area contributed by atoms with Gasteiger partial charge < -0.3 is 24.1 Å². The monoisotopic (exact) mass is 504 g/mol. The molecule has 3 aromatic carbocycles. The van der Waals surface area contributed by atoms with Crippen LogP contribution < -0.4 is 14.2 Å². The number of fused-ring (bicyclic) bond motifs is 1. The number of ether oxygens (including phenoxy) is 4. The highest BCUT2D eigenvalue weighted by atomic mass is 19.1. The van der Waals surface area contributed by atoms with Gasteiger partial charge >= 0.3 is 5.97 Å². The Morgan fingerprint density at radius 1 is 0.865 bits per heavy atom. The van der Waals surface area contributed by atoms with E-state index in [1.807, 2.05) is 48.5 Å². The van der Waals surface area contributed by atoms with Gasteiger partial charge in [0, 0.05) is 24.0 Å². The molecule has 1 saturated carbocycles. The van der Waals surface area contributed by atoms with E-state index in [0.717, 1.165) is 42.9 Å². The largest absolute Gasteiger partial charge is 0.490 e. The van der Waals surface area contributed by atoms with Gasteiger partial charge in [0.05, 0.1) is 19.1 Å². The van der Waals surface area contributed by atoms with E-state index in [1.54, 1.807) is 6.07 Å². The molecule has 2 aliphatic carbocycles. The third-order valence-corrected chi connectivity index (χ3v) is 7.46. The molecule has 0 amide bonds. The molecule has 3 atom stereocenters. The summed E-state index contributed by atoms with van der Waals surface area (Å²) in [7, 11) is 0. The molecule has 1 heterocycles. The maximum Gasteiger partial charge on any atom is 0.307 e. The van der Waals surface area contributed by atoms with Gasteiger partial charge in [0.15, 0.2) is 0 Å². The lowest BCUT2D eigenvalue weighted by molar-refractivity contribution is -0.138. The molecule has 6 nitrogen and oxygen atoms in total. The quantitative estimate of drug-likeness (QED) is 0.381. The third kappa shape index (κ3) is 5.14. The average Bonchev–Trinajstić information content (AvgIpc) is 3.61. The van der Waals surface area contributed by atoms with Crippen molar-refractivity contribution in [2.45, 2.75) is 50.2 Å². The molecule has 37 heavy (non-hydrogen) atoms. The summed E-state index contributed by atoms with van der Waals surface area (Å²) >= 11 is 0. The van der Waals surface area contributed by atoms with Gasteiger partial charge in [-0.1, -0.05) is 12.1 Å². The van der Waals surface area contributed by atoms with Crippen LogP contribution in [-0.2, 0) is 16.0 Å². The van der Waals surface area contributed by atoms with Crippen molar-refractivity contribution in [1.29, 1.82) is 0 Å². The van der Waals surface area contributed by atoms with E-state index in [0.29, 0.717) is 42.1 Å². The number of carbonyl (C=O) groups is 1. The van der Waals surface area contributed by atoms with Gasteiger partial charge in [-0.05, 0) is 79.3 Å². The van der Waals surface area contributed by atoms with E-state index in [2.05, 4.69) is 0 Å². The number of carboxylic acid groups (broad SMARTS) is 1. The number of carboxylic acids is 1. The Morgan fingerprint density at radius 2 is 1.54 bits per heavy atom. The van der Waals surface area contributed by atoms with Crippen LogP contribution >= 0.6 is 0 Å². The molecule has 3 aromatic rings. The molecule has 0 bridgehead atoms. The van der Waals surface area contributed by atoms with E-state index in [1.165, 1.54) is 6.07 Å². The Bertz CT molecular complexity index is 1270. The molecule has 0 spiro atoms. The maximum absolute atomic E-state index is 14.9. The van der Waals surface area contributed by atoms with Crippen molar-refractivity contribution in [2.24, 2.45) is 5.92 Å². The Labute approximate surface area is 214 Å². The normalized spacial score (nSPS) is 22.8. The second-order valence-electron chi connectivity index (χ2n) is 9.94. The van der Waals surface area contributed by atoms with Crippen LogP contribution in [0.2, 0.25) is 0 Å². The van der Waals surface area contributed by atoms with Crippen LogP contribution in [0.15, 0.2) is 60.7 Å². The van der Waals surface area contributed by atoms with Crippen LogP contribution in [0.25, 0.3) is 0 Å². The molecule has 1 N–H and O–H groups in total. The number of hydrogen-bond donors (Lipinski definition) is 1. The van der Waals surface area contributed by atoms with Gasteiger partial charge in [0.1, 0.15) is 41.0 Å². The molecular formula is C30H29FO6. The minimum atomic E-state index is -0.749. The number of benzene rings is 3. The van der Waals surface area contributed by atoms with Crippen molar-refractivity contribution >= 4 is 5.97 Å². The van der Waals surface area contributed by atoms with Crippen LogP contribution in [0.1, 0.15) is 54.4 Å². The first-order valence-corrected chi connectivity index (χ1v) is 12.9. The van der Waals surface area contributed by atoms with Gasteiger partial charge in [-0.25, -0.2) is 4.39 Å². The van der Waals surface area contributed by atoms with Crippen molar-refractivity contribution in [3.8, 4) is 23.0 Å². The van der Waals surface area contributed by atoms with E-state index in [-0.39, 0.29) is 23.8 Å². The van der Waals surface area contributed by atoms with Gasteiger partial charge in [-0.3, -0.25) is 4.79 Å². The van der Waals surface area contributed by atoms with E-state index in [4.69, 9.17) is 24.1 Å². The van der Waals surface area contributed by atoms with Crippen LogP contribution in [0.3, 0.4) is 0 Å². The predicted octanol–water partition coefficient (Wildman–Crippen LogP) is 6.43. The van der Waals surface area contributed by atoms with Crippen LogP contribution in [0.5, 0.6) is 23.0 Å². The first-order valence-electron chi connectivity index (χ1n) is 12.9. The molecule has 3 aliphatic rings. The highest BCUT2D eigenvalue weighted by Gasteiger charge is 2.44. The van der Waals surface area contributed by atoms with Gasteiger partial charge in [0.25, 0.3) is 0 Å². The Hall–Kier alpha value is -3.58. The molecule has 6 rings (SSSR count). The fourth-order valence-electron chi connectivity index (χ4n) is 5.35. The molecule has 0 radical (unpaired) electrons. The van der Waals surface area contributed by atoms with Crippen LogP contribution in [0.4, 0.5) is 4.39 Å². The zero-order valence-corrected chi connectivity index (χ0v) is 20.4. The summed E-state index contributed by atoms with van der Waals surface area (Å²) in [5, 5.41) is 9.16. The van der Waals surface area contributed by atoms with E-state index >= 15 is 0 Å². The highest BCUT2D eigenvalue weighted by molar-refractivity contribution is 5.75. The third-order valence-electron chi connectivity index (χ3n) is 7.46. The number of halogens is 1. The first-order chi connectivity index (χ1) is 18.0. The summed E-state index contributed by atoms with van der Waals surface area (Å²) < 4.78 is 38.7. The predicted molar refractivity (Wildman–Crippen MR) is 134 cm³/mol. The summed E-state index contributed by atoms with van der Waals surface area (Å²) in [5.41, 5.74) is 2.36. The van der Waals surface area contributed by atoms with E-state index in [9.17, 15) is 9.18 Å². The fourth-order valence-corrected chi connectivity index (χ4v) is 5.35. The number of aliphatic carboxylic acids is 1. The zero-order chi connectivity index (χ0) is 25.4. The lowest BCUT2D eigenvalue weighted by Crippen LogP contribution is -2.25. The minimum absolute atomic E-state index is 0.0680. The van der Waals surface area contributed by atoms with Crippen molar-refractivity contribution in [3.63, 3.8) is 0 Å². The molecular weight excluding hydrogens is 475 g/mol. The number of rotatable bonds is 8. The second-order valence-corrected chi connectivity index (χ2v) is 9.94. The topological polar surface area (TPSA) is 74.2 Å². The van der Waals surface area contributed by atoms with Crippen LogP contribution in [-0.4, -0.2) is 30.4 Å². The van der Waals surface area contributed by atoms with Crippen molar-refractivity contribution in [2.75, 3.05) is 13.2 Å². The van der Waals surface area contributed by atoms with Gasteiger partial charge in [0.2, 0.25) is 0 Å². The smallest absolute Gasteiger partial charge is 0.307 e. The summed E-state index contributed by atoms with van der Waals surface area (Å²) in [5.74, 6) is 1.44. The summed E-state index contributed by atoms with van der Waals surface area (Å²) in [6, 6.07) is 18.1. The molecule has 192 valence electrons. The molecule has 7 heteroatoms. The lowest BCUT2D eigenvalue weighted by atomic mass is 10.1. The Kier molecular flexibility index (Phi) is 6.47. The minimum Gasteiger partial charge on any atom is -0.490 e. The van der Waals surface area contributed by atoms with Crippen molar-refractivity contribution in [1.82, 2.24) is 0 Å². The van der Waals surface area contributed by atoms with Crippen molar-refractivity contribution in [3.05, 3.63) is 83.2 Å².